The maximum atomic E-state index is 13.1. The third-order valence-electron chi connectivity index (χ3n) is 3.92. The highest BCUT2D eigenvalue weighted by Gasteiger charge is 2.37. The Hall–Kier alpha value is -2.64. The number of alkyl halides is 3. The monoisotopic (exact) mass is 365 g/mol. The van der Waals surface area contributed by atoms with Crippen LogP contribution in [-0.4, -0.2) is 14.8 Å². The zero-order valence-corrected chi connectivity index (χ0v) is 15.0. The quantitative estimate of drug-likeness (QED) is 0.640. The molecule has 0 atom stereocenters. The first-order valence-corrected chi connectivity index (χ1v) is 7.98. The molecule has 0 amide bonds. The van der Waals surface area contributed by atoms with Crippen LogP contribution in [0.15, 0.2) is 27.4 Å². The van der Waals surface area contributed by atoms with Crippen LogP contribution in [0.25, 0.3) is 22.5 Å². The summed E-state index contributed by atoms with van der Waals surface area (Å²) in [5.74, 6) is -0.188. The van der Waals surface area contributed by atoms with E-state index in [4.69, 9.17) is 4.42 Å². The molecule has 0 aliphatic heterocycles. The lowest BCUT2D eigenvalue weighted by molar-refractivity contribution is -0.141. The molecule has 3 aromatic rings. The Labute approximate surface area is 147 Å². The average molecular weight is 365 g/mol. The normalized spacial score (nSPS) is 12.8. The maximum absolute atomic E-state index is 13.1. The lowest BCUT2D eigenvalue weighted by Gasteiger charge is -2.21. The second-order valence-corrected chi connectivity index (χ2v) is 7.28. The van der Waals surface area contributed by atoms with Crippen molar-refractivity contribution in [3.63, 3.8) is 0 Å². The summed E-state index contributed by atoms with van der Waals surface area (Å²) in [7, 11) is 0. The number of fused-ring (bicyclic) bond motifs is 1. The van der Waals surface area contributed by atoms with Crippen LogP contribution in [-0.2, 0) is 11.7 Å². The van der Waals surface area contributed by atoms with Gasteiger partial charge in [-0.05, 0) is 51.8 Å². The number of hydrogen-bond acceptors (Lipinski definition) is 4. The van der Waals surface area contributed by atoms with Gasteiger partial charge in [0.15, 0.2) is 5.69 Å². The van der Waals surface area contributed by atoms with Gasteiger partial charge in [-0.3, -0.25) is 4.68 Å². The number of hydrogen-bond donors (Lipinski definition) is 0. The molecule has 0 aliphatic rings. The largest absolute Gasteiger partial charge is 0.435 e. The first kappa shape index (κ1) is 18.2. The second-order valence-electron chi connectivity index (χ2n) is 7.28. The first-order chi connectivity index (χ1) is 11.9. The van der Waals surface area contributed by atoms with E-state index in [2.05, 4.69) is 10.1 Å². The molecule has 0 N–H and O–H groups in total. The maximum Gasteiger partial charge on any atom is 0.435 e. The van der Waals surface area contributed by atoms with Crippen molar-refractivity contribution in [1.82, 2.24) is 14.8 Å². The Morgan fingerprint density at radius 3 is 2.31 bits per heavy atom. The van der Waals surface area contributed by atoms with Gasteiger partial charge in [0.25, 0.3) is 0 Å². The summed E-state index contributed by atoms with van der Waals surface area (Å²) in [6.45, 7) is 8.74. The minimum absolute atomic E-state index is 0.00352. The summed E-state index contributed by atoms with van der Waals surface area (Å²) in [5, 5.41) is 3.96. The van der Waals surface area contributed by atoms with Crippen LogP contribution in [0.1, 0.15) is 37.6 Å². The molecule has 0 radical (unpaired) electrons. The molecule has 0 saturated heterocycles. The van der Waals surface area contributed by atoms with Crippen LogP contribution >= 0.6 is 0 Å². The summed E-state index contributed by atoms with van der Waals surface area (Å²) in [5.41, 5.74) is -0.459. The molecule has 0 bridgehead atoms. The molecular formula is C18H18F3N3O2. The van der Waals surface area contributed by atoms with Crippen molar-refractivity contribution in [1.29, 1.82) is 0 Å². The van der Waals surface area contributed by atoms with Gasteiger partial charge >= 0.3 is 11.8 Å². The molecule has 0 unspecified atom stereocenters. The van der Waals surface area contributed by atoms with E-state index in [1.807, 2.05) is 13.0 Å². The zero-order valence-electron chi connectivity index (χ0n) is 15.0. The number of benzene rings is 1. The standard InChI is InChI=1S/C18H18F3N3O2/c1-9-6-10(2)14-11(7-9)16(25)26-15(22-14)12-8-13(18(19,20)21)23-24(12)17(3,4)5/h6-8H,1-5H3. The summed E-state index contributed by atoms with van der Waals surface area (Å²) in [6.07, 6.45) is -4.62. The van der Waals surface area contributed by atoms with Gasteiger partial charge in [0.2, 0.25) is 5.89 Å². The van der Waals surface area contributed by atoms with Crippen LogP contribution in [0.4, 0.5) is 13.2 Å². The fourth-order valence-electron chi connectivity index (χ4n) is 2.82. The van der Waals surface area contributed by atoms with Crippen LogP contribution in [0.2, 0.25) is 0 Å². The molecule has 1 aromatic carbocycles. The van der Waals surface area contributed by atoms with Gasteiger partial charge in [0.05, 0.1) is 16.4 Å². The molecule has 0 fully saturated rings. The van der Waals surface area contributed by atoms with E-state index in [9.17, 15) is 18.0 Å². The van der Waals surface area contributed by atoms with Crippen molar-refractivity contribution >= 4 is 10.9 Å². The summed E-state index contributed by atoms with van der Waals surface area (Å²) < 4.78 is 45.8. The first-order valence-electron chi connectivity index (χ1n) is 7.98. The minimum atomic E-state index is -4.62. The van der Waals surface area contributed by atoms with E-state index in [1.54, 1.807) is 33.8 Å². The molecule has 5 nitrogen and oxygen atoms in total. The van der Waals surface area contributed by atoms with Crippen LogP contribution in [0, 0.1) is 13.8 Å². The van der Waals surface area contributed by atoms with E-state index >= 15 is 0 Å². The van der Waals surface area contributed by atoms with Gasteiger partial charge in [-0.1, -0.05) is 6.07 Å². The van der Waals surface area contributed by atoms with Gasteiger partial charge in [0, 0.05) is 6.07 Å². The van der Waals surface area contributed by atoms with Gasteiger partial charge < -0.3 is 4.42 Å². The zero-order chi connectivity index (χ0) is 19.4. The lowest BCUT2D eigenvalue weighted by Crippen LogP contribution is -2.25. The number of aryl methyl sites for hydroxylation is 2. The van der Waals surface area contributed by atoms with Gasteiger partial charge in [-0.15, -0.1) is 0 Å². The Morgan fingerprint density at radius 2 is 1.73 bits per heavy atom. The van der Waals surface area contributed by atoms with Crippen molar-refractivity contribution in [2.24, 2.45) is 0 Å². The van der Waals surface area contributed by atoms with Crippen molar-refractivity contribution in [3.05, 3.63) is 45.4 Å². The lowest BCUT2D eigenvalue weighted by atomic mass is 10.1. The molecule has 0 spiro atoms. The summed E-state index contributed by atoms with van der Waals surface area (Å²) in [4.78, 5) is 16.7. The predicted molar refractivity (Wildman–Crippen MR) is 91.0 cm³/mol. The molecule has 0 saturated carbocycles. The highest BCUT2D eigenvalue weighted by atomic mass is 19.4. The van der Waals surface area contributed by atoms with E-state index in [1.165, 1.54) is 4.68 Å². The van der Waals surface area contributed by atoms with E-state index in [0.717, 1.165) is 17.2 Å². The molecule has 26 heavy (non-hydrogen) atoms. The number of halogens is 3. The fraction of sp³-hybridized carbons (Fsp3) is 0.389. The summed E-state index contributed by atoms with van der Waals surface area (Å²) >= 11 is 0. The predicted octanol–water partition coefficient (Wildman–Crippen LogP) is 4.44. The third kappa shape index (κ3) is 3.11. The Morgan fingerprint density at radius 1 is 1.08 bits per heavy atom. The van der Waals surface area contributed by atoms with Crippen LogP contribution < -0.4 is 5.63 Å². The van der Waals surface area contributed by atoms with Crippen molar-refractivity contribution in [3.8, 4) is 11.6 Å². The van der Waals surface area contributed by atoms with Crippen molar-refractivity contribution in [2.75, 3.05) is 0 Å². The molecular weight excluding hydrogens is 347 g/mol. The second kappa shape index (κ2) is 5.69. The topological polar surface area (TPSA) is 60.9 Å². The van der Waals surface area contributed by atoms with Gasteiger partial charge in [-0.2, -0.15) is 18.3 Å². The highest BCUT2D eigenvalue weighted by Crippen LogP contribution is 2.34. The highest BCUT2D eigenvalue weighted by molar-refractivity contribution is 5.82. The fourth-order valence-corrected chi connectivity index (χ4v) is 2.82. The van der Waals surface area contributed by atoms with Gasteiger partial charge in [0.1, 0.15) is 5.69 Å². The average Bonchev–Trinajstić information content (AvgIpc) is 2.93. The Kier molecular flexibility index (Phi) is 3.97. The summed E-state index contributed by atoms with van der Waals surface area (Å²) in [6, 6.07) is 4.35. The minimum Gasteiger partial charge on any atom is -0.401 e. The smallest absolute Gasteiger partial charge is 0.401 e. The van der Waals surface area contributed by atoms with Gasteiger partial charge in [-0.25, -0.2) is 9.78 Å². The third-order valence-corrected chi connectivity index (χ3v) is 3.92. The number of rotatable bonds is 1. The van der Waals surface area contributed by atoms with E-state index < -0.39 is 23.0 Å². The van der Waals surface area contributed by atoms with Crippen molar-refractivity contribution < 1.29 is 17.6 Å². The number of aromatic nitrogens is 3. The number of nitrogens with zero attached hydrogens (tertiary/aromatic N) is 3. The molecule has 138 valence electrons. The molecule has 3 rings (SSSR count). The van der Waals surface area contributed by atoms with E-state index in [-0.39, 0.29) is 11.6 Å². The molecule has 8 heteroatoms. The molecule has 2 aromatic heterocycles. The Balaban J connectivity index is 2.33. The van der Waals surface area contributed by atoms with E-state index in [0.29, 0.717) is 10.9 Å². The Bertz CT molecular complexity index is 1060. The molecule has 0 aliphatic carbocycles. The molecule has 2 heterocycles. The van der Waals surface area contributed by atoms with Crippen molar-refractivity contribution in [2.45, 2.75) is 46.3 Å². The van der Waals surface area contributed by atoms with Crippen LogP contribution in [0.3, 0.4) is 0 Å². The van der Waals surface area contributed by atoms with Crippen LogP contribution in [0.5, 0.6) is 0 Å². The SMILES string of the molecule is Cc1cc(C)c2nc(-c3cc(C(F)(F)F)nn3C(C)(C)C)oc(=O)c2c1.